The second kappa shape index (κ2) is 12.5. The summed E-state index contributed by atoms with van der Waals surface area (Å²) in [4.78, 5) is 36.3. The van der Waals surface area contributed by atoms with Crippen LogP contribution in [0.2, 0.25) is 5.02 Å². The number of hydrogen-bond acceptors (Lipinski definition) is 8. The second-order valence-electron chi connectivity index (χ2n) is 7.82. The van der Waals surface area contributed by atoms with Crippen LogP contribution in [0.4, 0.5) is 5.69 Å². The molecule has 3 aromatic rings. The first kappa shape index (κ1) is 26.3. The fourth-order valence-electron chi connectivity index (χ4n) is 3.29. The zero-order chi connectivity index (χ0) is 26.9. The topological polar surface area (TPSA) is 137 Å². The molecule has 1 heterocycles. The van der Waals surface area contributed by atoms with Crippen LogP contribution in [0.5, 0.6) is 23.0 Å². The van der Waals surface area contributed by atoms with Crippen molar-refractivity contribution in [2.45, 2.75) is 6.54 Å². The minimum Gasteiger partial charge on any atom is -0.493 e. The van der Waals surface area contributed by atoms with E-state index in [9.17, 15) is 14.4 Å². The third-order valence-corrected chi connectivity index (χ3v) is 5.40. The summed E-state index contributed by atoms with van der Waals surface area (Å²) in [6, 6.07) is 16.7. The van der Waals surface area contributed by atoms with Gasteiger partial charge in [-0.3, -0.25) is 14.4 Å². The molecule has 0 aliphatic carbocycles. The first-order valence-electron chi connectivity index (χ1n) is 11.3. The number of nitrogens with one attached hydrogen (secondary N) is 3. The van der Waals surface area contributed by atoms with Crippen LogP contribution in [0.25, 0.3) is 0 Å². The number of rotatable bonds is 9. The summed E-state index contributed by atoms with van der Waals surface area (Å²) in [5, 5.41) is 9.57. The van der Waals surface area contributed by atoms with Gasteiger partial charge in [0, 0.05) is 17.3 Å². The van der Waals surface area contributed by atoms with Crippen molar-refractivity contribution in [1.29, 1.82) is 0 Å². The molecule has 4 rings (SSSR count). The Hall–Kier alpha value is -4.77. The van der Waals surface area contributed by atoms with E-state index in [4.69, 9.17) is 30.5 Å². The summed E-state index contributed by atoms with van der Waals surface area (Å²) in [6.07, 6.45) is 1.34. The molecule has 3 N–H and O–H groups in total. The van der Waals surface area contributed by atoms with Crippen LogP contribution in [-0.2, 0) is 20.9 Å². The predicted octanol–water partition coefficient (Wildman–Crippen LogP) is 2.86. The number of carbonyl (C=O) groups excluding carboxylic acids is 3. The molecule has 0 saturated heterocycles. The van der Waals surface area contributed by atoms with Crippen LogP contribution < -0.4 is 35.0 Å². The van der Waals surface area contributed by atoms with E-state index >= 15 is 0 Å². The van der Waals surface area contributed by atoms with Crippen molar-refractivity contribution in [2.75, 3.05) is 25.8 Å². The molecule has 196 valence electrons. The van der Waals surface area contributed by atoms with Crippen molar-refractivity contribution in [2.24, 2.45) is 5.10 Å². The highest BCUT2D eigenvalue weighted by Crippen LogP contribution is 2.32. The van der Waals surface area contributed by atoms with Crippen molar-refractivity contribution < 1.29 is 33.3 Å². The molecular formula is C26H23ClN4O7. The first-order valence-corrected chi connectivity index (χ1v) is 11.6. The maximum absolute atomic E-state index is 12.2. The van der Waals surface area contributed by atoms with Crippen LogP contribution in [0.1, 0.15) is 11.1 Å². The van der Waals surface area contributed by atoms with Gasteiger partial charge in [-0.25, -0.2) is 5.43 Å². The summed E-state index contributed by atoms with van der Waals surface area (Å²) in [7, 11) is 1.45. The van der Waals surface area contributed by atoms with Gasteiger partial charge in [0.1, 0.15) is 0 Å². The Kier molecular flexibility index (Phi) is 8.62. The maximum atomic E-state index is 12.2. The van der Waals surface area contributed by atoms with Gasteiger partial charge in [0.25, 0.3) is 5.91 Å². The number of ether oxygens (including phenoxy) is 4. The van der Waals surface area contributed by atoms with Crippen molar-refractivity contribution >= 4 is 41.2 Å². The molecule has 3 amide bonds. The molecule has 0 radical (unpaired) electrons. The monoisotopic (exact) mass is 538 g/mol. The van der Waals surface area contributed by atoms with Crippen LogP contribution in [0.15, 0.2) is 65.8 Å². The molecule has 0 atom stereocenters. The first-order chi connectivity index (χ1) is 18.4. The quantitative estimate of drug-likeness (QED) is 0.216. The van der Waals surface area contributed by atoms with Gasteiger partial charge in [0.2, 0.25) is 6.79 Å². The minimum atomic E-state index is -0.930. The van der Waals surface area contributed by atoms with Crippen molar-refractivity contribution in [1.82, 2.24) is 10.7 Å². The molecule has 1 aliphatic rings. The lowest BCUT2D eigenvalue weighted by Gasteiger charge is -2.11. The van der Waals surface area contributed by atoms with E-state index in [1.54, 1.807) is 60.7 Å². The van der Waals surface area contributed by atoms with Gasteiger partial charge in [-0.05, 0) is 65.7 Å². The highest BCUT2D eigenvalue weighted by atomic mass is 35.5. The molecule has 12 heteroatoms. The number of fused-ring (bicyclic) bond motifs is 1. The summed E-state index contributed by atoms with van der Waals surface area (Å²) in [5.41, 5.74) is 4.06. The average molecular weight is 539 g/mol. The van der Waals surface area contributed by atoms with Gasteiger partial charge in [-0.1, -0.05) is 17.7 Å². The molecular weight excluding hydrogens is 516 g/mol. The normalized spacial score (nSPS) is 11.6. The van der Waals surface area contributed by atoms with E-state index in [1.165, 1.54) is 13.3 Å². The zero-order valence-electron chi connectivity index (χ0n) is 20.2. The lowest BCUT2D eigenvalue weighted by Crippen LogP contribution is -2.37. The Balaban J connectivity index is 1.24. The highest BCUT2D eigenvalue weighted by molar-refractivity contribution is 6.35. The Morgan fingerprint density at radius 2 is 1.76 bits per heavy atom. The SMILES string of the molecule is COc1cc(/C=N\NC(=O)C(=O)NCc2ccc3c(c2)OCO3)ccc1OCC(=O)Nc1ccc(Cl)cc1. The Morgan fingerprint density at radius 1 is 0.974 bits per heavy atom. The zero-order valence-corrected chi connectivity index (χ0v) is 20.9. The highest BCUT2D eigenvalue weighted by Gasteiger charge is 2.16. The third-order valence-electron chi connectivity index (χ3n) is 5.15. The standard InChI is InChI=1S/C26H23ClN4O7/c1-35-22-10-17(3-8-20(22)36-14-24(32)30-19-6-4-18(27)5-7-19)13-29-31-26(34)25(33)28-12-16-2-9-21-23(11-16)38-15-37-21/h2-11,13H,12,14-15H2,1H3,(H,28,33)(H,30,32)(H,31,34)/b29-13-. The second-order valence-corrected chi connectivity index (χ2v) is 8.26. The van der Waals surface area contributed by atoms with Gasteiger partial charge < -0.3 is 29.6 Å². The molecule has 1 aliphatic heterocycles. The Bertz CT molecular complexity index is 1360. The molecule has 11 nitrogen and oxygen atoms in total. The number of benzene rings is 3. The predicted molar refractivity (Wildman–Crippen MR) is 139 cm³/mol. The van der Waals surface area contributed by atoms with Crippen LogP contribution in [-0.4, -0.2) is 44.4 Å². The largest absolute Gasteiger partial charge is 0.493 e. The van der Waals surface area contributed by atoms with Gasteiger partial charge in [-0.2, -0.15) is 5.10 Å². The summed E-state index contributed by atoms with van der Waals surface area (Å²) >= 11 is 5.84. The van der Waals surface area contributed by atoms with E-state index in [0.717, 1.165) is 5.56 Å². The average Bonchev–Trinajstić information content (AvgIpc) is 3.40. The van der Waals surface area contributed by atoms with Crippen molar-refractivity contribution in [3.05, 3.63) is 76.8 Å². The Labute approximate surface area is 222 Å². The van der Waals surface area contributed by atoms with Gasteiger partial charge >= 0.3 is 11.8 Å². The van der Waals surface area contributed by atoms with E-state index in [1.807, 2.05) is 0 Å². The number of hydrazone groups is 1. The number of amides is 3. The lowest BCUT2D eigenvalue weighted by molar-refractivity contribution is -0.139. The number of carbonyl (C=O) groups is 3. The number of halogens is 1. The Morgan fingerprint density at radius 3 is 2.55 bits per heavy atom. The van der Waals surface area contributed by atoms with Gasteiger partial charge in [-0.15, -0.1) is 0 Å². The van der Waals surface area contributed by atoms with Crippen molar-refractivity contribution in [3.8, 4) is 23.0 Å². The fraction of sp³-hybridized carbons (Fsp3) is 0.154. The van der Waals surface area contributed by atoms with E-state index in [-0.39, 0.29) is 25.9 Å². The van der Waals surface area contributed by atoms with Gasteiger partial charge in [0.15, 0.2) is 29.6 Å². The van der Waals surface area contributed by atoms with E-state index < -0.39 is 11.8 Å². The number of hydrogen-bond donors (Lipinski definition) is 3. The molecule has 0 spiro atoms. The summed E-state index contributed by atoms with van der Waals surface area (Å²) < 4.78 is 21.4. The van der Waals surface area contributed by atoms with Crippen LogP contribution >= 0.6 is 11.6 Å². The fourth-order valence-corrected chi connectivity index (χ4v) is 3.41. The summed E-state index contributed by atoms with van der Waals surface area (Å²) in [5.74, 6) is -0.246. The van der Waals surface area contributed by atoms with Gasteiger partial charge in [0.05, 0.1) is 13.3 Å². The van der Waals surface area contributed by atoms with Crippen LogP contribution in [0.3, 0.4) is 0 Å². The maximum Gasteiger partial charge on any atom is 0.329 e. The minimum absolute atomic E-state index is 0.128. The molecule has 0 aromatic heterocycles. The molecule has 3 aromatic carbocycles. The van der Waals surface area contributed by atoms with E-state index in [2.05, 4.69) is 21.2 Å². The van der Waals surface area contributed by atoms with Crippen molar-refractivity contribution in [3.63, 3.8) is 0 Å². The number of methoxy groups -OCH3 is 1. The molecule has 0 unspecified atom stereocenters. The smallest absolute Gasteiger partial charge is 0.329 e. The number of anilines is 1. The molecule has 0 fully saturated rings. The summed E-state index contributed by atoms with van der Waals surface area (Å²) in [6.45, 7) is 0.0301. The molecule has 38 heavy (non-hydrogen) atoms. The molecule has 0 saturated carbocycles. The van der Waals surface area contributed by atoms with Crippen LogP contribution in [0, 0.1) is 0 Å². The number of nitrogens with zero attached hydrogens (tertiary/aromatic N) is 1. The lowest BCUT2D eigenvalue weighted by atomic mass is 10.2. The molecule has 0 bridgehead atoms. The third kappa shape index (κ3) is 7.14. The van der Waals surface area contributed by atoms with E-state index in [0.29, 0.717) is 39.3 Å².